The minimum atomic E-state index is -0.865. The summed E-state index contributed by atoms with van der Waals surface area (Å²) in [5.41, 5.74) is 5.05. The number of hydrogen-bond donors (Lipinski definition) is 2. The Kier molecular flexibility index (Phi) is 9.75. The van der Waals surface area contributed by atoms with Gasteiger partial charge in [0.15, 0.2) is 0 Å². The lowest BCUT2D eigenvalue weighted by atomic mass is 9.94. The van der Waals surface area contributed by atoms with Crippen LogP contribution in [0.3, 0.4) is 0 Å². The number of nitrogens with zero attached hydrogens (tertiary/aromatic N) is 3. The number of piperazine rings is 1. The van der Waals surface area contributed by atoms with Crippen molar-refractivity contribution in [2.45, 2.75) is 77.9 Å². The fourth-order valence-electron chi connectivity index (χ4n) is 6.51. The summed E-state index contributed by atoms with van der Waals surface area (Å²) in [7, 11) is 0. The summed E-state index contributed by atoms with van der Waals surface area (Å²) in [6, 6.07) is 13.7. The average molecular weight is 572 g/mol. The maximum atomic E-state index is 14.0. The molecule has 1 saturated carbocycles. The molecule has 2 aliphatic rings. The summed E-state index contributed by atoms with van der Waals surface area (Å²) in [5.74, 6) is -0.911. The van der Waals surface area contributed by atoms with Gasteiger partial charge in [-0.05, 0) is 55.0 Å². The summed E-state index contributed by atoms with van der Waals surface area (Å²) in [5, 5.41) is 4.04. The Labute approximate surface area is 249 Å². The van der Waals surface area contributed by atoms with Gasteiger partial charge in [0.2, 0.25) is 11.8 Å². The number of carbonyl (C=O) groups excluding carboxylic acids is 3. The number of amides is 3. The highest BCUT2D eigenvalue weighted by atomic mass is 16.2. The molecule has 2 aromatic carbocycles. The van der Waals surface area contributed by atoms with Gasteiger partial charge in [0.1, 0.15) is 6.04 Å². The molecule has 3 amide bonds. The van der Waals surface area contributed by atoms with Crippen molar-refractivity contribution in [3.8, 4) is 0 Å². The van der Waals surface area contributed by atoms with E-state index >= 15 is 0 Å². The van der Waals surface area contributed by atoms with Crippen LogP contribution in [-0.2, 0) is 27.3 Å². The average Bonchev–Trinajstić information content (AvgIpc) is 3.40. The maximum Gasteiger partial charge on any atom is 0.252 e. The van der Waals surface area contributed by atoms with Crippen molar-refractivity contribution in [1.82, 2.24) is 25.0 Å². The molecule has 1 aliphatic carbocycles. The number of aromatic nitrogens is 1. The fraction of sp³-hybridized carbons (Fsp3) is 0.500. The van der Waals surface area contributed by atoms with Crippen molar-refractivity contribution in [3.63, 3.8) is 0 Å². The number of rotatable bonds is 9. The van der Waals surface area contributed by atoms with Gasteiger partial charge in [-0.15, -0.1) is 0 Å². The number of aromatic amines is 1. The van der Waals surface area contributed by atoms with Crippen molar-refractivity contribution >= 4 is 28.6 Å². The third-order valence-electron chi connectivity index (χ3n) is 9.16. The Morgan fingerprint density at radius 2 is 1.71 bits per heavy atom. The summed E-state index contributed by atoms with van der Waals surface area (Å²) in [4.78, 5) is 49.5. The third-order valence-corrected chi connectivity index (χ3v) is 9.16. The molecule has 2 heterocycles. The fourth-order valence-corrected chi connectivity index (χ4v) is 6.51. The Balaban J connectivity index is 1.29. The smallest absolute Gasteiger partial charge is 0.252 e. The number of imide groups is 1. The van der Waals surface area contributed by atoms with E-state index in [0.717, 1.165) is 59.3 Å². The number of carbonyl (C=O) groups is 3. The van der Waals surface area contributed by atoms with E-state index < -0.39 is 6.04 Å². The number of H-pyrrole nitrogens is 1. The van der Waals surface area contributed by atoms with E-state index in [1.54, 1.807) is 0 Å². The number of aryl methyl sites for hydroxylation is 2. The first kappa shape index (κ1) is 30.0. The number of para-hydroxylation sites is 1. The van der Waals surface area contributed by atoms with Gasteiger partial charge < -0.3 is 10.3 Å². The lowest BCUT2D eigenvalue weighted by Gasteiger charge is -2.40. The normalized spacial score (nSPS) is 17.7. The molecular formula is C34H45N5O3. The summed E-state index contributed by atoms with van der Waals surface area (Å²) in [6.45, 7) is 9.52. The minimum Gasteiger partial charge on any atom is -0.361 e. The number of benzene rings is 2. The largest absolute Gasteiger partial charge is 0.361 e. The molecule has 1 aromatic heterocycles. The van der Waals surface area contributed by atoms with E-state index in [4.69, 9.17) is 0 Å². The molecule has 8 heteroatoms. The molecule has 224 valence electrons. The Hall–Kier alpha value is -3.49. The van der Waals surface area contributed by atoms with Crippen LogP contribution in [0.25, 0.3) is 10.9 Å². The topological polar surface area (TPSA) is 88.8 Å². The summed E-state index contributed by atoms with van der Waals surface area (Å²) < 4.78 is 0. The van der Waals surface area contributed by atoms with Crippen molar-refractivity contribution in [2.24, 2.45) is 0 Å². The van der Waals surface area contributed by atoms with Crippen LogP contribution in [-0.4, -0.2) is 82.2 Å². The Bertz CT molecular complexity index is 1400. The monoisotopic (exact) mass is 571 g/mol. The Morgan fingerprint density at radius 3 is 2.43 bits per heavy atom. The Morgan fingerprint density at radius 1 is 0.976 bits per heavy atom. The third kappa shape index (κ3) is 7.28. The predicted molar refractivity (Wildman–Crippen MR) is 166 cm³/mol. The molecule has 1 unspecified atom stereocenters. The molecule has 2 fully saturated rings. The minimum absolute atomic E-state index is 0.165. The van der Waals surface area contributed by atoms with Gasteiger partial charge in [0.25, 0.3) is 5.91 Å². The highest BCUT2D eigenvalue weighted by Crippen LogP contribution is 2.24. The molecule has 3 aromatic rings. The van der Waals surface area contributed by atoms with Crippen LogP contribution in [0, 0.1) is 13.8 Å². The van der Waals surface area contributed by atoms with Crippen molar-refractivity contribution in [1.29, 1.82) is 0 Å². The molecule has 0 radical (unpaired) electrons. The second-order valence-corrected chi connectivity index (χ2v) is 12.1. The predicted octanol–water partition coefficient (Wildman–Crippen LogP) is 4.34. The van der Waals surface area contributed by atoms with E-state index in [9.17, 15) is 14.4 Å². The van der Waals surface area contributed by atoms with Crippen molar-refractivity contribution in [2.75, 3.05) is 32.7 Å². The van der Waals surface area contributed by atoms with Crippen LogP contribution in [0.4, 0.5) is 0 Å². The van der Waals surface area contributed by atoms with Gasteiger partial charge >= 0.3 is 0 Å². The number of hydrogen-bond acceptors (Lipinski definition) is 5. The second-order valence-electron chi connectivity index (χ2n) is 12.1. The standard InChI is InChI=1S/C34H45N5O3/c1-24-13-14-27(19-25(24)2)22-39(26(3)40)34(42)32(20-28-21-35-31-12-8-7-11-30(28)31)36-33(41)23-37-15-17-38(18-16-37)29-9-5-4-6-10-29/h7-8,11-14,19,21,29,32,35H,4-6,9-10,15-18,20,22-23H2,1-3H3,(H,36,41). The summed E-state index contributed by atoms with van der Waals surface area (Å²) in [6.07, 6.45) is 8.74. The molecule has 5 rings (SSSR count). The first-order chi connectivity index (χ1) is 20.3. The van der Waals surface area contributed by atoms with Crippen LogP contribution in [0.5, 0.6) is 0 Å². The molecule has 0 bridgehead atoms. The van der Waals surface area contributed by atoms with Crippen LogP contribution in [0.15, 0.2) is 48.7 Å². The van der Waals surface area contributed by atoms with E-state index in [1.807, 2.05) is 62.5 Å². The first-order valence-electron chi connectivity index (χ1n) is 15.5. The van der Waals surface area contributed by atoms with E-state index in [1.165, 1.54) is 43.9 Å². The van der Waals surface area contributed by atoms with Gasteiger partial charge in [-0.25, -0.2) is 0 Å². The lowest BCUT2D eigenvalue weighted by Crippen LogP contribution is -2.55. The van der Waals surface area contributed by atoms with Gasteiger partial charge in [-0.2, -0.15) is 0 Å². The SMILES string of the molecule is CC(=O)N(Cc1ccc(C)c(C)c1)C(=O)C(Cc1c[nH]c2ccccc12)NC(=O)CN1CCN(C2CCCCC2)CC1. The quantitative estimate of drug-likeness (QED) is 0.399. The highest BCUT2D eigenvalue weighted by molar-refractivity contribution is 5.99. The van der Waals surface area contributed by atoms with Crippen LogP contribution < -0.4 is 5.32 Å². The molecule has 8 nitrogen and oxygen atoms in total. The summed E-state index contributed by atoms with van der Waals surface area (Å²) >= 11 is 0. The van der Waals surface area contributed by atoms with Gasteiger partial charge in [0, 0.05) is 62.7 Å². The number of nitrogens with one attached hydrogen (secondary N) is 2. The van der Waals surface area contributed by atoms with E-state index in [0.29, 0.717) is 12.5 Å². The van der Waals surface area contributed by atoms with Crippen molar-refractivity contribution < 1.29 is 14.4 Å². The van der Waals surface area contributed by atoms with Gasteiger partial charge in [-0.3, -0.25) is 29.1 Å². The molecule has 0 spiro atoms. The van der Waals surface area contributed by atoms with E-state index in [2.05, 4.69) is 20.1 Å². The molecular weight excluding hydrogens is 526 g/mol. The highest BCUT2D eigenvalue weighted by Gasteiger charge is 2.31. The molecule has 42 heavy (non-hydrogen) atoms. The zero-order valence-corrected chi connectivity index (χ0v) is 25.3. The van der Waals surface area contributed by atoms with Crippen LogP contribution in [0.2, 0.25) is 0 Å². The molecule has 1 atom stereocenters. The van der Waals surface area contributed by atoms with Crippen molar-refractivity contribution in [3.05, 3.63) is 70.9 Å². The maximum absolute atomic E-state index is 14.0. The molecule has 2 N–H and O–H groups in total. The van der Waals surface area contributed by atoms with Crippen LogP contribution >= 0.6 is 0 Å². The van der Waals surface area contributed by atoms with E-state index in [-0.39, 0.29) is 30.8 Å². The molecule has 1 saturated heterocycles. The van der Waals surface area contributed by atoms with Gasteiger partial charge in [0.05, 0.1) is 13.1 Å². The second kappa shape index (κ2) is 13.7. The number of fused-ring (bicyclic) bond motifs is 1. The van der Waals surface area contributed by atoms with Crippen LogP contribution in [0.1, 0.15) is 61.3 Å². The lowest BCUT2D eigenvalue weighted by molar-refractivity contribution is -0.147. The first-order valence-corrected chi connectivity index (χ1v) is 15.5. The van der Waals surface area contributed by atoms with Gasteiger partial charge in [-0.1, -0.05) is 55.7 Å². The zero-order valence-electron chi connectivity index (χ0n) is 25.3. The zero-order chi connectivity index (χ0) is 29.6. The molecule has 1 aliphatic heterocycles.